The van der Waals surface area contributed by atoms with Gasteiger partial charge in [-0.05, 0) is 12.1 Å². The van der Waals surface area contributed by atoms with Crippen molar-refractivity contribution < 1.29 is 4.39 Å². The van der Waals surface area contributed by atoms with E-state index in [0.29, 0.717) is 6.54 Å². The number of anilines is 1. The molecular weight excluding hydrogens is 195 g/mol. The SMILES string of the molecule is Cn1ccnc1CNc1ncccc1F. The van der Waals surface area contributed by atoms with E-state index in [4.69, 9.17) is 0 Å². The number of rotatable bonds is 3. The molecule has 15 heavy (non-hydrogen) atoms. The minimum Gasteiger partial charge on any atom is -0.360 e. The molecule has 2 aromatic rings. The summed E-state index contributed by atoms with van der Waals surface area (Å²) in [6.07, 6.45) is 5.08. The van der Waals surface area contributed by atoms with Gasteiger partial charge in [0, 0.05) is 25.6 Å². The van der Waals surface area contributed by atoms with E-state index in [9.17, 15) is 4.39 Å². The lowest BCUT2D eigenvalue weighted by atomic mass is 10.4. The minimum atomic E-state index is -0.355. The maximum atomic E-state index is 13.2. The Morgan fingerprint density at radius 1 is 1.40 bits per heavy atom. The van der Waals surface area contributed by atoms with Crippen molar-refractivity contribution in [3.8, 4) is 0 Å². The molecule has 1 N–H and O–H groups in total. The molecule has 0 bridgehead atoms. The van der Waals surface area contributed by atoms with Crippen LogP contribution >= 0.6 is 0 Å². The van der Waals surface area contributed by atoms with Crippen LogP contribution in [0.5, 0.6) is 0 Å². The normalized spacial score (nSPS) is 10.3. The molecule has 2 heterocycles. The zero-order valence-corrected chi connectivity index (χ0v) is 8.31. The van der Waals surface area contributed by atoms with Gasteiger partial charge in [0.15, 0.2) is 11.6 Å². The second kappa shape index (κ2) is 4.08. The molecule has 0 aliphatic rings. The molecule has 0 saturated heterocycles. The minimum absolute atomic E-state index is 0.250. The summed E-state index contributed by atoms with van der Waals surface area (Å²) in [7, 11) is 1.89. The van der Waals surface area contributed by atoms with Crippen LogP contribution < -0.4 is 5.32 Å². The molecule has 0 spiro atoms. The van der Waals surface area contributed by atoms with Gasteiger partial charge >= 0.3 is 0 Å². The molecule has 78 valence electrons. The van der Waals surface area contributed by atoms with E-state index >= 15 is 0 Å². The fourth-order valence-electron chi connectivity index (χ4n) is 1.25. The quantitative estimate of drug-likeness (QED) is 0.828. The highest BCUT2D eigenvalue weighted by Gasteiger charge is 2.03. The summed E-state index contributed by atoms with van der Waals surface area (Å²) in [6, 6.07) is 2.93. The molecule has 0 saturated carbocycles. The number of aromatic nitrogens is 3. The molecular formula is C10H11FN4. The second-order valence-corrected chi connectivity index (χ2v) is 3.14. The van der Waals surface area contributed by atoms with Gasteiger partial charge in [0.05, 0.1) is 6.54 Å². The van der Waals surface area contributed by atoms with Crippen molar-refractivity contribution in [3.05, 3.63) is 42.4 Å². The summed E-state index contributed by atoms with van der Waals surface area (Å²) >= 11 is 0. The maximum absolute atomic E-state index is 13.2. The Labute approximate surface area is 86.8 Å². The molecule has 2 rings (SSSR count). The molecule has 0 atom stereocenters. The molecule has 5 heteroatoms. The summed E-state index contributed by atoms with van der Waals surface area (Å²) in [5.74, 6) is 0.729. The molecule has 0 aliphatic heterocycles. The number of imidazole rings is 1. The van der Waals surface area contributed by atoms with Gasteiger partial charge < -0.3 is 9.88 Å². The van der Waals surface area contributed by atoms with Crippen LogP contribution in [0.1, 0.15) is 5.82 Å². The first-order valence-corrected chi connectivity index (χ1v) is 4.58. The maximum Gasteiger partial charge on any atom is 0.165 e. The molecule has 0 radical (unpaired) electrons. The predicted molar refractivity (Wildman–Crippen MR) is 54.7 cm³/mol. The van der Waals surface area contributed by atoms with Gasteiger partial charge in [-0.15, -0.1) is 0 Å². The number of pyridine rings is 1. The molecule has 4 nitrogen and oxygen atoms in total. The van der Waals surface area contributed by atoms with Crippen molar-refractivity contribution >= 4 is 5.82 Å². The summed E-state index contributed by atoms with van der Waals surface area (Å²) in [5.41, 5.74) is 0. The Morgan fingerprint density at radius 2 is 2.27 bits per heavy atom. The van der Waals surface area contributed by atoms with Crippen LogP contribution in [0.15, 0.2) is 30.7 Å². The summed E-state index contributed by atoms with van der Waals surface area (Å²) in [4.78, 5) is 7.99. The van der Waals surface area contributed by atoms with E-state index in [1.165, 1.54) is 6.07 Å². The van der Waals surface area contributed by atoms with Crippen LogP contribution in [-0.2, 0) is 13.6 Å². The zero-order chi connectivity index (χ0) is 10.7. The van der Waals surface area contributed by atoms with Crippen LogP contribution in [0.2, 0.25) is 0 Å². The van der Waals surface area contributed by atoms with Gasteiger partial charge in [-0.1, -0.05) is 0 Å². The van der Waals surface area contributed by atoms with Gasteiger partial charge in [-0.3, -0.25) is 0 Å². The highest BCUT2D eigenvalue weighted by Crippen LogP contribution is 2.09. The van der Waals surface area contributed by atoms with Gasteiger partial charge in [0.25, 0.3) is 0 Å². The fourth-order valence-corrected chi connectivity index (χ4v) is 1.25. The first-order valence-electron chi connectivity index (χ1n) is 4.58. The second-order valence-electron chi connectivity index (χ2n) is 3.14. The van der Waals surface area contributed by atoms with Crippen LogP contribution in [0.4, 0.5) is 10.2 Å². The van der Waals surface area contributed by atoms with Crippen molar-refractivity contribution in [1.82, 2.24) is 14.5 Å². The average molecular weight is 206 g/mol. The number of nitrogens with zero attached hydrogens (tertiary/aromatic N) is 3. The average Bonchev–Trinajstić information content (AvgIpc) is 2.63. The Kier molecular flexibility index (Phi) is 2.62. The van der Waals surface area contributed by atoms with Crippen molar-refractivity contribution in [1.29, 1.82) is 0 Å². The summed E-state index contributed by atoms with van der Waals surface area (Å²) in [6.45, 7) is 0.456. The first kappa shape index (κ1) is 9.64. The number of hydrogen-bond donors (Lipinski definition) is 1. The zero-order valence-electron chi connectivity index (χ0n) is 8.31. The van der Waals surface area contributed by atoms with Gasteiger partial charge in [-0.25, -0.2) is 14.4 Å². The molecule has 0 aromatic carbocycles. The van der Waals surface area contributed by atoms with E-state index < -0.39 is 0 Å². The predicted octanol–water partition coefficient (Wildman–Crippen LogP) is 1.57. The Balaban J connectivity index is 2.06. The van der Waals surface area contributed by atoms with E-state index in [-0.39, 0.29) is 11.6 Å². The Hall–Kier alpha value is -1.91. The number of hydrogen-bond acceptors (Lipinski definition) is 3. The summed E-state index contributed by atoms with van der Waals surface area (Å²) in [5, 5.41) is 2.89. The van der Waals surface area contributed by atoms with Crippen LogP contribution in [0.25, 0.3) is 0 Å². The third-order valence-electron chi connectivity index (χ3n) is 2.09. The molecule has 0 unspecified atom stereocenters. The Morgan fingerprint density at radius 3 is 2.93 bits per heavy atom. The Bertz CT molecular complexity index is 452. The summed E-state index contributed by atoms with van der Waals surface area (Å²) < 4.78 is 15.0. The van der Waals surface area contributed by atoms with Crippen molar-refractivity contribution in [2.75, 3.05) is 5.32 Å². The topological polar surface area (TPSA) is 42.7 Å². The van der Waals surface area contributed by atoms with Crippen molar-refractivity contribution in [2.24, 2.45) is 7.05 Å². The van der Waals surface area contributed by atoms with Gasteiger partial charge in [-0.2, -0.15) is 0 Å². The third-order valence-corrected chi connectivity index (χ3v) is 2.09. The molecule has 2 aromatic heterocycles. The number of nitrogens with one attached hydrogen (secondary N) is 1. The first-order chi connectivity index (χ1) is 7.27. The van der Waals surface area contributed by atoms with E-state index in [0.717, 1.165) is 5.82 Å². The standard InChI is InChI=1S/C10H11FN4/c1-15-6-5-12-9(15)7-14-10-8(11)3-2-4-13-10/h2-6H,7H2,1H3,(H,13,14). The van der Waals surface area contributed by atoms with Gasteiger partial charge in [0.2, 0.25) is 0 Å². The van der Waals surface area contributed by atoms with E-state index in [2.05, 4.69) is 15.3 Å². The van der Waals surface area contributed by atoms with Crippen LogP contribution in [-0.4, -0.2) is 14.5 Å². The third kappa shape index (κ3) is 2.12. The molecule has 0 aliphatic carbocycles. The van der Waals surface area contributed by atoms with Crippen LogP contribution in [0.3, 0.4) is 0 Å². The van der Waals surface area contributed by atoms with E-state index in [1.54, 1.807) is 18.5 Å². The fraction of sp³-hybridized carbons (Fsp3) is 0.200. The van der Waals surface area contributed by atoms with Crippen molar-refractivity contribution in [3.63, 3.8) is 0 Å². The highest BCUT2D eigenvalue weighted by atomic mass is 19.1. The lowest BCUT2D eigenvalue weighted by molar-refractivity contribution is 0.623. The van der Waals surface area contributed by atoms with E-state index in [1.807, 2.05) is 17.8 Å². The molecule has 0 fully saturated rings. The lowest BCUT2D eigenvalue weighted by Gasteiger charge is -2.05. The number of aryl methyl sites for hydroxylation is 1. The largest absolute Gasteiger partial charge is 0.360 e. The number of halogens is 1. The van der Waals surface area contributed by atoms with Crippen molar-refractivity contribution in [2.45, 2.75) is 6.54 Å². The monoisotopic (exact) mass is 206 g/mol. The van der Waals surface area contributed by atoms with Gasteiger partial charge in [0.1, 0.15) is 5.82 Å². The highest BCUT2D eigenvalue weighted by molar-refractivity contribution is 5.35. The lowest BCUT2D eigenvalue weighted by Crippen LogP contribution is -2.07. The smallest absolute Gasteiger partial charge is 0.165 e. The molecule has 0 amide bonds. The van der Waals surface area contributed by atoms with Crippen LogP contribution in [0, 0.1) is 5.82 Å².